The van der Waals surface area contributed by atoms with Gasteiger partial charge in [0.2, 0.25) is 20.0 Å². The van der Waals surface area contributed by atoms with Crippen LogP contribution < -0.4 is 17.2 Å². The Morgan fingerprint density at radius 1 is 0.452 bits per heavy atom. The topological polar surface area (TPSA) is 304 Å². The number of H-pyrrole nitrogens is 3. The average molecular weight is 1280 g/mol. The number of para-hydroxylation sites is 2. The number of nitrogens with two attached hydrogens (primary N) is 3. The molecule has 0 amide bonds. The highest BCUT2D eigenvalue weighted by atomic mass is 32.2. The van der Waals surface area contributed by atoms with Crippen LogP contribution in [0, 0.1) is 12.7 Å². The molecule has 25 heteroatoms. The molecule has 4 aromatic carbocycles. The third-order valence-corrected chi connectivity index (χ3v) is 22.1. The minimum atomic E-state index is -3.76. The van der Waals surface area contributed by atoms with Crippen LogP contribution >= 0.6 is 0 Å². The average Bonchev–Trinajstić information content (AvgIpc) is 1.70. The Bertz CT molecular complexity index is 5280. The zero-order valence-electron chi connectivity index (χ0n) is 50.6. The van der Waals surface area contributed by atoms with Crippen molar-refractivity contribution < 1.29 is 21.2 Å². The second-order valence-corrected chi connectivity index (χ2v) is 27.8. The van der Waals surface area contributed by atoms with Gasteiger partial charge in [-0.1, -0.05) is 66.6 Å². The lowest BCUT2D eigenvalue weighted by atomic mass is 9.85. The molecule has 1 saturated carbocycles. The maximum atomic E-state index is 13.6. The predicted molar refractivity (Wildman–Crippen MR) is 358 cm³/mol. The van der Waals surface area contributed by atoms with E-state index in [1.807, 2.05) is 107 Å². The molecule has 17 rings (SSSR count). The van der Waals surface area contributed by atoms with Gasteiger partial charge in [0, 0.05) is 115 Å². The molecular formula is C68H65FN18O4S2. The molecule has 2 aliphatic heterocycles. The molecule has 1 aliphatic carbocycles. The van der Waals surface area contributed by atoms with E-state index in [-0.39, 0.29) is 16.7 Å². The van der Waals surface area contributed by atoms with Gasteiger partial charge in [-0.05, 0) is 118 Å². The van der Waals surface area contributed by atoms with E-state index in [0.717, 1.165) is 113 Å². The molecule has 0 spiro atoms. The Morgan fingerprint density at radius 3 is 1.32 bits per heavy atom. The van der Waals surface area contributed by atoms with Crippen molar-refractivity contribution in [1.82, 2.24) is 71.7 Å². The van der Waals surface area contributed by atoms with E-state index in [9.17, 15) is 21.2 Å². The maximum Gasteiger partial charge on any atom is 0.243 e. The smallest absolute Gasteiger partial charge is 0.243 e. The number of nitrogens with zero attached hydrogens (tertiary/aromatic N) is 12. The van der Waals surface area contributed by atoms with Crippen molar-refractivity contribution in [3.63, 3.8) is 0 Å². The number of imidazole rings is 3. The maximum absolute atomic E-state index is 13.6. The predicted octanol–water partition coefficient (Wildman–Crippen LogP) is 11.6. The van der Waals surface area contributed by atoms with Crippen LogP contribution in [0.4, 0.5) is 21.8 Å². The zero-order chi connectivity index (χ0) is 63.7. The number of anilines is 3. The largest absolute Gasteiger partial charge is 0.382 e. The van der Waals surface area contributed by atoms with Crippen LogP contribution in [0.1, 0.15) is 85.7 Å². The minimum absolute atomic E-state index is 0.0258. The number of pyridine rings is 1. The number of hydrogen-bond acceptors (Lipinski definition) is 14. The van der Waals surface area contributed by atoms with Gasteiger partial charge in [0.25, 0.3) is 0 Å². The second kappa shape index (κ2) is 23.7. The number of nitrogens with one attached hydrogen (secondary N) is 3. The van der Waals surface area contributed by atoms with Crippen LogP contribution in [-0.4, -0.2) is 115 Å². The third kappa shape index (κ3) is 10.8. The van der Waals surface area contributed by atoms with Crippen molar-refractivity contribution in [3.05, 3.63) is 200 Å². The van der Waals surface area contributed by atoms with Gasteiger partial charge >= 0.3 is 0 Å². The molecule has 2 saturated heterocycles. The monoisotopic (exact) mass is 1280 g/mol. The molecule has 14 aromatic rings. The van der Waals surface area contributed by atoms with Crippen LogP contribution in [0.3, 0.4) is 0 Å². The van der Waals surface area contributed by atoms with Crippen molar-refractivity contribution in [2.24, 2.45) is 0 Å². The molecule has 3 aliphatic rings. The fourth-order valence-corrected chi connectivity index (χ4v) is 16.2. The molecule has 10 aromatic heterocycles. The summed E-state index contributed by atoms with van der Waals surface area (Å²) in [4.78, 5) is 42.7. The van der Waals surface area contributed by atoms with Crippen molar-refractivity contribution in [2.45, 2.75) is 79.4 Å². The third-order valence-electron chi connectivity index (χ3n) is 18.2. The van der Waals surface area contributed by atoms with Crippen molar-refractivity contribution in [2.75, 3.05) is 43.4 Å². The Kier molecular flexibility index (Phi) is 15.0. The molecule has 3 fully saturated rings. The standard InChI is InChI=1S/C26H26N6O2S.C25H23FN6O2S.C17H16N6/c1-17-6-8-20(9-7-17)35(33,34)31-13-10-18(11-14-31)26-30-23(24-25(27)28-12-15-32(24)26)22-16-19-4-2-3-5-21(19)29-22;26-18-5-3-6-19(15-18)35(33,34)31-11-8-16(9-12-31)25-30-22(23-24(27)28-10-13-32(23)25)21-14-17-4-1-2-7-20(17)29-21;18-15-14-13(12-9-11-5-2-6-20-16(11)21-12)22-17(10-3-1-4-10)23(14)8-7-19-15/h2-9,12,15-16,18,29H,10-11,13-14H2,1H3,(H2,27,28);1-7,10,13-16,29H,8-9,11-12H2,(H2,27,28);2,5-10H,1,3-4H2,(H2,18,19)(H,20,21). The highest BCUT2D eigenvalue weighted by Crippen LogP contribution is 2.41. The normalized spacial score (nSPS) is 15.7. The number of rotatable bonds is 10. The van der Waals surface area contributed by atoms with Gasteiger partial charge in [-0.2, -0.15) is 8.61 Å². The number of aromatic nitrogens is 13. The fraction of sp³-hybridized carbons (Fsp3) is 0.221. The molecule has 0 unspecified atom stereocenters. The first-order valence-corrected chi connectivity index (χ1v) is 33.8. The Balaban J connectivity index is 0.000000118. The Hall–Kier alpha value is -10.3. The molecule has 93 heavy (non-hydrogen) atoms. The molecule has 470 valence electrons. The van der Waals surface area contributed by atoms with Gasteiger partial charge in [-0.25, -0.2) is 56.1 Å². The SMILES string of the molecule is Cc1ccc(S(=O)(=O)N2CCC(c3nc(-c4cc5ccccc5[nH]4)c4c(N)nccn34)CC2)cc1.Nc1nccn2c(C3CCC3)nc(-c3cc4cccnc4[nH]3)c12.Nc1nccn2c(C3CCN(S(=O)(=O)c4cccc(F)c4)CC3)nc(-c3cc4ccccc4[nH]3)c12. The van der Waals surface area contributed by atoms with E-state index >= 15 is 0 Å². The molecule has 0 radical (unpaired) electrons. The number of nitrogen functional groups attached to an aromatic ring is 3. The molecule has 0 atom stereocenters. The van der Waals surface area contributed by atoms with Gasteiger partial charge in [0.1, 0.15) is 80.0 Å². The van der Waals surface area contributed by atoms with Crippen LogP contribution in [-0.2, 0) is 20.0 Å². The minimum Gasteiger partial charge on any atom is -0.382 e. The van der Waals surface area contributed by atoms with Gasteiger partial charge in [0.05, 0.1) is 26.9 Å². The lowest BCUT2D eigenvalue weighted by molar-refractivity contribution is 0.313. The van der Waals surface area contributed by atoms with Gasteiger partial charge in [0.15, 0.2) is 0 Å². The van der Waals surface area contributed by atoms with Crippen molar-refractivity contribution in [3.8, 4) is 34.2 Å². The second-order valence-electron chi connectivity index (χ2n) is 24.0. The number of benzene rings is 4. The first kappa shape index (κ1) is 59.0. The zero-order valence-corrected chi connectivity index (χ0v) is 52.2. The summed E-state index contributed by atoms with van der Waals surface area (Å²) in [5.41, 5.74) is 30.1. The Labute approximate surface area is 533 Å². The number of halogens is 1. The summed E-state index contributed by atoms with van der Waals surface area (Å²) in [5.74, 6) is 4.18. The molecule has 0 bridgehead atoms. The van der Waals surface area contributed by atoms with E-state index in [0.29, 0.717) is 80.1 Å². The van der Waals surface area contributed by atoms with Gasteiger partial charge < -0.3 is 32.2 Å². The first-order chi connectivity index (χ1) is 45.1. The number of sulfonamides is 2. The van der Waals surface area contributed by atoms with Crippen LogP contribution in [0.25, 0.3) is 83.6 Å². The lowest BCUT2D eigenvalue weighted by Gasteiger charge is -2.30. The number of fused-ring (bicyclic) bond motifs is 6. The van der Waals surface area contributed by atoms with E-state index in [4.69, 9.17) is 32.2 Å². The summed E-state index contributed by atoms with van der Waals surface area (Å²) in [7, 11) is -7.28. The highest BCUT2D eigenvalue weighted by molar-refractivity contribution is 7.89. The van der Waals surface area contributed by atoms with Crippen molar-refractivity contribution in [1.29, 1.82) is 0 Å². The van der Waals surface area contributed by atoms with E-state index in [1.54, 1.807) is 41.2 Å². The summed E-state index contributed by atoms with van der Waals surface area (Å²) in [5, 5.41) is 3.24. The summed E-state index contributed by atoms with van der Waals surface area (Å²) in [6.45, 7) is 3.47. The number of piperidine rings is 2. The Morgan fingerprint density at radius 2 is 0.882 bits per heavy atom. The summed E-state index contributed by atoms with van der Waals surface area (Å²) < 4.78 is 75.0. The van der Waals surface area contributed by atoms with E-state index < -0.39 is 25.9 Å². The van der Waals surface area contributed by atoms with E-state index in [1.165, 1.54) is 41.8 Å². The first-order valence-electron chi connectivity index (χ1n) is 30.9. The molecular weight excluding hydrogens is 1220 g/mol. The van der Waals surface area contributed by atoms with Crippen LogP contribution in [0.15, 0.2) is 181 Å². The number of hydrogen-bond donors (Lipinski definition) is 6. The lowest BCUT2D eigenvalue weighted by Crippen LogP contribution is -2.38. The summed E-state index contributed by atoms with van der Waals surface area (Å²) in [6, 6.07) is 38.4. The molecule has 12 heterocycles. The van der Waals surface area contributed by atoms with Crippen LogP contribution in [0.5, 0.6) is 0 Å². The fourth-order valence-electron chi connectivity index (χ4n) is 13.2. The van der Waals surface area contributed by atoms with E-state index in [2.05, 4.69) is 57.5 Å². The quantitative estimate of drug-likeness (QED) is 0.0742. The summed E-state index contributed by atoms with van der Waals surface area (Å²) >= 11 is 0. The number of aryl methyl sites for hydroxylation is 1. The van der Waals surface area contributed by atoms with Gasteiger partial charge in [-0.15, -0.1) is 0 Å². The molecule has 22 nitrogen and oxygen atoms in total. The molecule has 9 N–H and O–H groups in total. The highest BCUT2D eigenvalue weighted by Gasteiger charge is 2.35. The summed E-state index contributed by atoms with van der Waals surface area (Å²) in [6.07, 6.45) is 18.7. The number of aromatic amines is 3. The van der Waals surface area contributed by atoms with Crippen molar-refractivity contribution >= 4 is 86.9 Å². The van der Waals surface area contributed by atoms with Crippen LogP contribution in [0.2, 0.25) is 0 Å². The van der Waals surface area contributed by atoms with Gasteiger partial charge in [-0.3, -0.25) is 13.2 Å².